The first-order chi connectivity index (χ1) is 12.3. The van der Waals surface area contributed by atoms with E-state index < -0.39 is 0 Å². The van der Waals surface area contributed by atoms with Crippen molar-refractivity contribution in [1.82, 2.24) is 14.9 Å². The van der Waals surface area contributed by atoms with Crippen molar-refractivity contribution in [3.05, 3.63) is 48.7 Å². The van der Waals surface area contributed by atoms with Gasteiger partial charge in [-0.05, 0) is 24.3 Å². The van der Waals surface area contributed by atoms with E-state index in [4.69, 9.17) is 9.15 Å². The first-order valence-electron chi connectivity index (χ1n) is 8.22. The Balaban J connectivity index is 1.32. The summed E-state index contributed by atoms with van der Waals surface area (Å²) in [4.78, 5) is 24.7. The molecule has 0 radical (unpaired) electrons. The summed E-state index contributed by atoms with van der Waals surface area (Å²) in [5.41, 5.74) is 1.28. The average Bonchev–Trinajstić information content (AvgIpc) is 3.11. The molecule has 0 saturated carbocycles. The number of amides is 1. The largest absolute Gasteiger partial charge is 0.484 e. The molecule has 4 rings (SSSR count). The van der Waals surface area contributed by atoms with Gasteiger partial charge in [0.25, 0.3) is 11.9 Å². The molecule has 1 fully saturated rings. The Labute approximate surface area is 144 Å². The Hall–Kier alpha value is -3.09. The normalized spacial score (nSPS) is 14.7. The van der Waals surface area contributed by atoms with E-state index in [1.165, 1.54) is 0 Å². The number of nitrogens with zero attached hydrogens (tertiary/aromatic N) is 4. The van der Waals surface area contributed by atoms with Crippen molar-refractivity contribution in [3.63, 3.8) is 0 Å². The molecule has 1 aromatic carbocycles. The molecule has 0 spiro atoms. The van der Waals surface area contributed by atoms with Gasteiger partial charge in [0.15, 0.2) is 12.2 Å². The summed E-state index contributed by atoms with van der Waals surface area (Å²) in [6.45, 7) is 2.62. The van der Waals surface area contributed by atoms with Crippen molar-refractivity contribution in [2.75, 3.05) is 37.7 Å². The predicted octanol–water partition coefficient (Wildman–Crippen LogP) is 1.95. The van der Waals surface area contributed by atoms with Crippen LogP contribution in [0.3, 0.4) is 0 Å². The number of ether oxygens (including phenoxy) is 1. The third kappa shape index (κ3) is 3.40. The molecule has 0 unspecified atom stereocenters. The van der Waals surface area contributed by atoms with Crippen molar-refractivity contribution < 1.29 is 13.9 Å². The molecule has 3 heterocycles. The summed E-state index contributed by atoms with van der Waals surface area (Å²) in [6, 6.07) is 13.6. The number of carbonyl (C=O) groups excluding carboxylic acids is 1. The number of hydrogen-bond donors (Lipinski definition) is 0. The maximum absolute atomic E-state index is 12.3. The van der Waals surface area contributed by atoms with Gasteiger partial charge in [-0.25, -0.2) is 4.98 Å². The molecule has 3 aromatic rings. The van der Waals surface area contributed by atoms with E-state index in [1.807, 2.05) is 47.4 Å². The first-order valence-corrected chi connectivity index (χ1v) is 8.22. The molecular formula is C18H18N4O3. The standard InChI is InChI=1S/C18H18N4O3/c23-16(13-24-14-5-2-1-3-6-14)21-9-11-22(12-10-21)18-20-17-15(25-18)7-4-8-19-17/h1-8H,9-13H2. The Morgan fingerprint density at radius 1 is 1.08 bits per heavy atom. The number of oxazole rings is 1. The zero-order valence-electron chi connectivity index (χ0n) is 13.7. The van der Waals surface area contributed by atoms with Gasteiger partial charge in [-0.2, -0.15) is 4.98 Å². The topological polar surface area (TPSA) is 71.7 Å². The first kappa shape index (κ1) is 15.4. The molecule has 0 aliphatic carbocycles. The van der Waals surface area contributed by atoms with Crippen LogP contribution in [0, 0.1) is 0 Å². The molecule has 0 bridgehead atoms. The second-order valence-corrected chi connectivity index (χ2v) is 5.79. The molecule has 7 nitrogen and oxygen atoms in total. The fourth-order valence-corrected chi connectivity index (χ4v) is 2.79. The van der Waals surface area contributed by atoms with Crippen LogP contribution in [0.4, 0.5) is 6.01 Å². The van der Waals surface area contributed by atoms with Gasteiger partial charge >= 0.3 is 0 Å². The van der Waals surface area contributed by atoms with E-state index in [2.05, 4.69) is 9.97 Å². The number of hydrogen-bond acceptors (Lipinski definition) is 6. The minimum atomic E-state index is -0.0114. The average molecular weight is 338 g/mol. The van der Waals surface area contributed by atoms with E-state index >= 15 is 0 Å². The summed E-state index contributed by atoms with van der Waals surface area (Å²) >= 11 is 0. The number of anilines is 1. The third-order valence-electron chi connectivity index (χ3n) is 4.16. The molecule has 2 aromatic heterocycles. The molecule has 1 aliphatic rings. The van der Waals surface area contributed by atoms with Crippen LogP contribution >= 0.6 is 0 Å². The van der Waals surface area contributed by atoms with E-state index in [0.717, 1.165) is 0 Å². The quantitative estimate of drug-likeness (QED) is 0.724. The minimum Gasteiger partial charge on any atom is -0.484 e. The van der Waals surface area contributed by atoms with Crippen molar-refractivity contribution in [1.29, 1.82) is 0 Å². The Kier molecular flexibility index (Phi) is 4.20. The van der Waals surface area contributed by atoms with Gasteiger partial charge in [-0.3, -0.25) is 4.79 Å². The summed E-state index contributed by atoms with van der Waals surface area (Å²) < 4.78 is 11.3. The molecule has 128 valence electrons. The summed E-state index contributed by atoms with van der Waals surface area (Å²) in [5, 5.41) is 0. The Bertz CT molecular complexity index is 824. The maximum atomic E-state index is 12.3. The molecular weight excluding hydrogens is 320 g/mol. The van der Waals surface area contributed by atoms with Gasteiger partial charge in [-0.1, -0.05) is 18.2 Å². The maximum Gasteiger partial charge on any atom is 0.300 e. The SMILES string of the molecule is O=C(COc1ccccc1)N1CCN(c2nc3ncccc3o2)CC1. The Morgan fingerprint density at radius 3 is 2.64 bits per heavy atom. The monoisotopic (exact) mass is 338 g/mol. The minimum absolute atomic E-state index is 0.0114. The van der Waals surface area contributed by atoms with E-state index in [1.54, 1.807) is 11.1 Å². The lowest BCUT2D eigenvalue weighted by Gasteiger charge is -2.33. The highest BCUT2D eigenvalue weighted by Gasteiger charge is 2.24. The van der Waals surface area contributed by atoms with Crippen LogP contribution < -0.4 is 9.64 Å². The second kappa shape index (κ2) is 6.80. The highest BCUT2D eigenvalue weighted by molar-refractivity contribution is 5.78. The molecule has 1 saturated heterocycles. The van der Waals surface area contributed by atoms with Crippen molar-refractivity contribution in [2.45, 2.75) is 0 Å². The van der Waals surface area contributed by atoms with Gasteiger partial charge in [0.1, 0.15) is 5.75 Å². The number of benzene rings is 1. The van der Waals surface area contributed by atoms with E-state index in [0.29, 0.717) is 49.2 Å². The fraction of sp³-hybridized carbons (Fsp3) is 0.278. The van der Waals surface area contributed by atoms with Gasteiger partial charge in [0, 0.05) is 32.4 Å². The number of aromatic nitrogens is 2. The van der Waals surface area contributed by atoms with Crippen LogP contribution in [-0.4, -0.2) is 53.6 Å². The lowest BCUT2D eigenvalue weighted by atomic mass is 10.3. The van der Waals surface area contributed by atoms with Crippen LogP contribution in [0.1, 0.15) is 0 Å². The van der Waals surface area contributed by atoms with Crippen molar-refractivity contribution in [2.24, 2.45) is 0 Å². The van der Waals surface area contributed by atoms with Crippen LogP contribution in [0.5, 0.6) is 5.75 Å². The number of piperazine rings is 1. The summed E-state index contributed by atoms with van der Waals surface area (Å²) in [5.74, 6) is 0.691. The number of carbonyl (C=O) groups is 1. The van der Waals surface area contributed by atoms with Crippen LogP contribution in [0.15, 0.2) is 53.1 Å². The summed E-state index contributed by atoms with van der Waals surface area (Å²) in [7, 11) is 0. The molecule has 1 aliphatic heterocycles. The smallest absolute Gasteiger partial charge is 0.300 e. The van der Waals surface area contributed by atoms with Crippen molar-refractivity contribution >= 4 is 23.2 Å². The van der Waals surface area contributed by atoms with Gasteiger partial charge in [0.2, 0.25) is 5.65 Å². The molecule has 25 heavy (non-hydrogen) atoms. The van der Waals surface area contributed by atoms with E-state index in [-0.39, 0.29) is 12.5 Å². The van der Waals surface area contributed by atoms with Gasteiger partial charge in [-0.15, -0.1) is 0 Å². The Morgan fingerprint density at radius 2 is 1.88 bits per heavy atom. The highest BCUT2D eigenvalue weighted by Crippen LogP contribution is 2.21. The summed E-state index contributed by atoms with van der Waals surface area (Å²) in [6.07, 6.45) is 1.69. The fourth-order valence-electron chi connectivity index (χ4n) is 2.79. The van der Waals surface area contributed by atoms with Crippen LogP contribution in [0.25, 0.3) is 11.2 Å². The molecule has 1 amide bonds. The van der Waals surface area contributed by atoms with Crippen molar-refractivity contribution in [3.8, 4) is 5.75 Å². The van der Waals surface area contributed by atoms with Gasteiger partial charge in [0.05, 0.1) is 0 Å². The molecule has 0 N–H and O–H groups in total. The lowest BCUT2D eigenvalue weighted by molar-refractivity contribution is -0.133. The highest BCUT2D eigenvalue weighted by atomic mass is 16.5. The molecule has 7 heteroatoms. The van der Waals surface area contributed by atoms with Crippen LogP contribution in [-0.2, 0) is 4.79 Å². The number of rotatable bonds is 4. The van der Waals surface area contributed by atoms with Gasteiger partial charge < -0.3 is 19.0 Å². The number of para-hydroxylation sites is 1. The lowest BCUT2D eigenvalue weighted by Crippen LogP contribution is -2.50. The number of fused-ring (bicyclic) bond motifs is 1. The number of pyridine rings is 1. The zero-order valence-corrected chi connectivity index (χ0v) is 13.7. The second-order valence-electron chi connectivity index (χ2n) is 5.79. The zero-order chi connectivity index (χ0) is 17.1. The molecule has 0 atom stereocenters. The van der Waals surface area contributed by atoms with Crippen LogP contribution in [0.2, 0.25) is 0 Å². The third-order valence-corrected chi connectivity index (χ3v) is 4.16. The van der Waals surface area contributed by atoms with E-state index in [9.17, 15) is 4.79 Å². The predicted molar refractivity (Wildman–Crippen MR) is 92.5 cm³/mol.